The van der Waals surface area contributed by atoms with Crippen LogP contribution in [0.1, 0.15) is 29.0 Å². The van der Waals surface area contributed by atoms with E-state index in [1.54, 1.807) is 4.68 Å². The second-order valence-corrected chi connectivity index (χ2v) is 16.8. The summed E-state index contributed by atoms with van der Waals surface area (Å²) in [6.07, 6.45) is 1.50. The minimum absolute atomic E-state index is 0.0000144. The van der Waals surface area contributed by atoms with Crippen molar-refractivity contribution in [1.82, 2.24) is 24.5 Å². The van der Waals surface area contributed by atoms with Crippen LogP contribution in [-0.4, -0.2) is 39.2 Å². The second-order valence-electron chi connectivity index (χ2n) is 10.3. The van der Waals surface area contributed by atoms with Gasteiger partial charge < -0.3 is 10.1 Å². The lowest BCUT2D eigenvalue weighted by molar-refractivity contribution is 0.0748. The third-order valence-electron chi connectivity index (χ3n) is 6.46. The minimum Gasteiger partial charge on any atom is -0.376 e. The van der Waals surface area contributed by atoms with Crippen LogP contribution in [0.25, 0.3) is 10.8 Å². The van der Waals surface area contributed by atoms with E-state index in [1.807, 2.05) is 31.3 Å². The molecule has 11 heteroatoms. The lowest BCUT2D eigenvalue weighted by atomic mass is 9.83. The van der Waals surface area contributed by atoms with Crippen molar-refractivity contribution in [2.45, 2.75) is 44.4 Å². The van der Waals surface area contributed by atoms with Gasteiger partial charge in [-0.3, -0.25) is 9.48 Å². The number of hydrogen-bond acceptors (Lipinski definition) is 6. The van der Waals surface area contributed by atoms with Crippen LogP contribution in [0.4, 0.5) is 10.1 Å². The number of halogens is 2. The fourth-order valence-electron chi connectivity index (χ4n) is 4.58. The van der Waals surface area contributed by atoms with Crippen molar-refractivity contribution < 1.29 is 9.13 Å². The summed E-state index contributed by atoms with van der Waals surface area (Å²) in [4.78, 5) is 17.9. The van der Waals surface area contributed by atoms with Gasteiger partial charge in [0.2, 0.25) is 0 Å². The second kappa shape index (κ2) is 9.53. The van der Waals surface area contributed by atoms with Gasteiger partial charge in [0.05, 0.1) is 23.0 Å². The monoisotopic (exact) mass is 570 g/mol. The van der Waals surface area contributed by atoms with E-state index in [9.17, 15) is 9.18 Å². The first kappa shape index (κ1) is 24.8. The Kier molecular flexibility index (Phi) is 6.56. The summed E-state index contributed by atoms with van der Waals surface area (Å²) in [5.74, 6) is -0.186. The Morgan fingerprint density at radius 3 is 2.61 bits per heavy atom. The van der Waals surface area contributed by atoms with E-state index in [1.165, 1.54) is 23.1 Å². The highest BCUT2D eigenvalue weighted by molar-refractivity contribution is 9.10. The number of benzene rings is 2. The van der Waals surface area contributed by atoms with E-state index in [0.29, 0.717) is 29.2 Å². The van der Waals surface area contributed by atoms with Crippen molar-refractivity contribution in [2.24, 2.45) is 7.05 Å². The Bertz CT molecular complexity index is 1480. The zero-order chi connectivity index (χ0) is 25.6. The van der Waals surface area contributed by atoms with E-state index in [-0.39, 0.29) is 29.6 Å². The summed E-state index contributed by atoms with van der Waals surface area (Å²) < 4.78 is 24.6. The first-order valence-corrected chi connectivity index (χ1v) is 16.3. The molecule has 188 valence electrons. The number of hydrogen-bond donors (Lipinski definition) is 1. The van der Waals surface area contributed by atoms with Crippen molar-refractivity contribution in [3.05, 3.63) is 80.5 Å². The number of nitrogens with one attached hydrogen (secondary N) is 1. The van der Waals surface area contributed by atoms with Crippen molar-refractivity contribution in [1.29, 1.82) is 0 Å². The van der Waals surface area contributed by atoms with Crippen molar-refractivity contribution in [2.75, 3.05) is 11.9 Å². The van der Waals surface area contributed by atoms with Gasteiger partial charge in [-0.25, -0.2) is 14.1 Å². The van der Waals surface area contributed by atoms with E-state index in [2.05, 4.69) is 51.0 Å². The SMILES string of the molecule is Cn1ncnc1C1c2nn(COCC[Si](C)(C)C)c(=O)c3cc(F)cc(c23)NC1c1ccc(Br)cc1. The average molecular weight is 572 g/mol. The van der Waals surface area contributed by atoms with E-state index < -0.39 is 13.9 Å². The molecule has 0 amide bonds. The first-order valence-electron chi connectivity index (χ1n) is 11.8. The molecule has 0 radical (unpaired) electrons. The maximum absolute atomic E-state index is 14.7. The van der Waals surface area contributed by atoms with Crippen molar-refractivity contribution in [3.8, 4) is 0 Å². The Labute approximate surface area is 217 Å². The minimum atomic E-state index is -1.29. The smallest absolute Gasteiger partial charge is 0.277 e. The molecule has 1 N–H and O–H groups in total. The molecule has 0 saturated heterocycles. The highest BCUT2D eigenvalue weighted by Crippen LogP contribution is 2.46. The zero-order valence-electron chi connectivity index (χ0n) is 20.6. The highest BCUT2D eigenvalue weighted by atomic mass is 79.9. The molecule has 4 aromatic rings. The number of aromatic nitrogens is 5. The van der Waals surface area contributed by atoms with Crippen LogP contribution in [-0.2, 0) is 18.5 Å². The molecule has 0 spiro atoms. The topological polar surface area (TPSA) is 86.9 Å². The lowest BCUT2D eigenvalue weighted by Gasteiger charge is -2.34. The Morgan fingerprint density at radius 1 is 1.19 bits per heavy atom. The predicted octanol–water partition coefficient (Wildman–Crippen LogP) is 5.04. The van der Waals surface area contributed by atoms with E-state index in [0.717, 1.165) is 16.1 Å². The van der Waals surface area contributed by atoms with Crippen LogP contribution in [0.2, 0.25) is 25.7 Å². The first-order chi connectivity index (χ1) is 17.1. The molecule has 3 heterocycles. The molecule has 0 aliphatic carbocycles. The highest BCUT2D eigenvalue weighted by Gasteiger charge is 2.38. The van der Waals surface area contributed by atoms with Crippen molar-refractivity contribution in [3.63, 3.8) is 0 Å². The number of aryl methyl sites for hydroxylation is 1. The third-order valence-corrected chi connectivity index (χ3v) is 8.69. The molecule has 0 fully saturated rings. The van der Waals surface area contributed by atoms with Gasteiger partial charge in [-0.05, 0) is 35.9 Å². The standard InChI is InChI=1S/C25H28BrFN6O2Si/c1-32-24(28-13-29-32)21-22(15-5-7-16(26)8-6-15)30-19-12-17(27)11-18-20(19)23(21)31-33(25(18)34)14-35-9-10-36(2,3)4/h5-8,11-13,21-22,30H,9-10,14H2,1-4H3. The fourth-order valence-corrected chi connectivity index (χ4v) is 5.60. The molecule has 2 unspecified atom stereocenters. The Morgan fingerprint density at radius 2 is 1.94 bits per heavy atom. The summed E-state index contributed by atoms with van der Waals surface area (Å²) >= 11 is 3.50. The van der Waals surface area contributed by atoms with Crippen LogP contribution in [0.5, 0.6) is 0 Å². The summed E-state index contributed by atoms with van der Waals surface area (Å²) in [5, 5.41) is 13.4. The Balaban J connectivity index is 1.67. The molecular weight excluding hydrogens is 543 g/mol. The van der Waals surface area contributed by atoms with Gasteiger partial charge in [0.15, 0.2) is 0 Å². The summed E-state index contributed by atoms with van der Waals surface area (Å²) in [6, 6.07) is 11.3. The van der Waals surface area contributed by atoms with Crippen LogP contribution in [0.15, 0.2) is 52.0 Å². The number of ether oxygens (including phenoxy) is 1. The lowest BCUT2D eigenvalue weighted by Crippen LogP contribution is -2.33. The van der Waals surface area contributed by atoms with Crippen LogP contribution < -0.4 is 10.9 Å². The molecule has 36 heavy (non-hydrogen) atoms. The number of anilines is 1. The van der Waals surface area contributed by atoms with E-state index >= 15 is 0 Å². The third kappa shape index (κ3) is 4.74. The molecule has 0 saturated carbocycles. The molecule has 1 aliphatic heterocycles. The largest absolute Gasteiger partial charge is 0.376 e. The summed E-state index contributed by atoms with van der Waals surface area (Å²) in [6.45, 7) is 7.35. The number of rotatable bonds is 7. The molecule has 1 aliphatic rings. The van der Waals surface area contributed by atoms with Crippen LogP contribution in [0.3, 0.4) is 0 Å². The fraction of sp³-hybridized carbons (Fsp3) is 0.360. The van der Waals surface area contributed by atoms with Gasteiger partial charge in [0.1, 0.15) is 24.7 Å². The van der Waals surface area contributed by atoms with Gasteiger partial charge >= 0.3 is 0 Å². The van der Waals surface area contributed by atoms with Gasteiger partial charge in [-0.15, -0.1) is 0 Å². The van der Waals surface area contributed by atoms with Gasteiger partial charge in [-0.1, -0.05) is 47.7 Å². The molecule has 0 bridgehead atoms. The normalized spacial score (nSPS) is 17.4. The molecule has 2 aromatic heterocycles. The summed E-state index contributed by atoms with van der Waals surface area (Å²) in [7, 11) is 0.535. The van der Waals surface area contributed by atoms with Gasteiger partial charge in [0.25, 0.3) is 5.56 Å². The van der Waals surface area contributed by atoms with Crippen LogP contribution in [0, 0.1) is 5.82 Å². The van der Waals surface area contributed by atoms with Gasteiger partial charge in [0, 0.05) is 37.3 Å². The predicted molar refractivity (Wildman–Crippen MR) is 143 cm³/mol. The maximum atomic E-state index is 14.7. The average Bonchev–Trinajstić information content (AvgIpc) is 3.24. The van der Waals surface area contributed by atoms with E-state index in [4.69, 9.17) is 9.84 Å². The zero-order valence-corrected chi connectivity index (χ0v) is 23.2. The molecule has 5 rings (SSSR count). The van der Waals surface area contributed by atoms with Gasteiger partial charge in [-0.2, -0.15) is 10.2 Å². The summed E-state index contributed by atoms with van der Waals surface area (Å²) in [5.41, 5.74) is 1.75. The molecule has 2 atom stereocenters. The molecule has 2 aromatic carbocycles. The van der Waals surface area contributed by atoms with Crippen molar-refractivity contribution >= 4 is 40.5 Å². The van der Waals surface area contributed by atoms with Crippen LogP contribution >= 0.6 is 15.9 Å². The Hall–Kier alpha value is -2.89. The molecule has 8 nitrogen and oxygen atoms in total. The number of nitrogens with zero attached hydrogens (tertiary/aromatic N) is 5. The maximum Gasteiger partial charge on any atom is 0.277 e. The quantitative estimate of drug-likeness (QED) is 0.247. The molecular formula is C25H28BrFN6O2Si.